The number of rotatable bonds is 3. The van der Waals surface area contributed by atoms with Crippen molar-refractivity contribution < 1.29 is 8.42 Å². The third-order valence-corrected chi connectivity index (χ3v) is 2.91. The predicted molar refractivity (Wildman–Crippen MR) is 60.4 cm³/mol. The van der Waals surface area contributed by atoms with Gasteiger partial charge in [-0.05, 0) is 0 Å². The van der Waals surface area contributed by atoms with E-state index >= 15 is 0 Å². The fraction of sp³-hybridized carbons (Fsp3) is 0.429. The van der Waals surface area contributed by atoms with Crippen LogP contribution in [0.4, 0.5) is 5.82 Å². The number of halogens is 1. The smallest absolute Gasteiger partial charge is 0.233 e. The lowest BCUT2D eigenvalue weighted by Gasteiger charge is -2.16. The highest BCUT2D eigenvalue weighted by Crippen LogP contribution is 2.14. The second-order valence-corrected chi connectivity index (χ2v) is 4.78. The summed E-state index contributed by atoms with van der Waals surface area (Å²) in [5.74, 6) is 0.275. The van der Waals surface area contributed by atoms with Gasteiger partial charge in [0.1, 0.15) is 0 Å². The Morgan fingerprint density at radius 2 is 1.93 bits per heavy atom. The highest BCUT2D eigenvalue weighted by Gasteiger charge is 2.16. The lowest BCUT2D eigenvalue weighted by Crippen LogP contribution is -2.27. The largest absolute Gasteiger partial charge is 0.325 e. The van der Waals surface area contributed by atoms with Crippen LogP contribution in [0.15, 0.2) is 12.4 Å². The third kappa shape index (κ3) is 3.29. The Morgan fingerprint density at radius 1 is 1.40 bits per heavy atom. The van der Waals surface area contributed by atoms with Crippen LogP contribution >= 0.6 is 12.4 Å². The van der Waals surface area contributed by atoms with E-state index in [9.17, 15) is 8.42 Å². The molecule has 1 aromatic rings. The van der Waals surface area contributed by atoms with E-state index in [-0.39, 0.29) is 24.8 Å². The molecule has 0 unspecified atom stereocenters. The zero-order valence-electron chi connectivity index (χ0n) is 8.41. The Morgan fingerprint density at radius 3 is 2.40 bits per heavy atom. The molecule has 0 amide bonds. The minimum atomic E-state index is -3.31. The van der Waals surface area contributed by atoms with Gasteiger partial charge in [-0.25, -0.2) is 13.4 Å². The molecular formula is C7H13ClN4O2S. The molecule has 0 aliphatic carbocycles. The van der Waals surface area contributed by atoms with Crippen molar-refractivity contribution in [1.82, 2.24) is 9.97 Å². The number of sulfonamides is 1. The first-order valence-electron chi connectivity index (χ1n) is 3.90. The van der Waals surface area contributed by atoms with Gasteiger partial charge >= 0.3 is 0 Å². The van der Waals surface area contributed by atoms with Crippen LogP contribution in [-0.4, -0.2) is 31.7 Å². The molecule has 0 aliphatic heterocycles. The first-order valence-corrected chi connectivity index (χ1v) is 5.75. The SMILES string of the molecule is CN(c1nccnc1CN)S(C)(=O)=O.Cl. The third-order valence-electron chi connectivity index (χ3n) is 1.74. The van der Waals surface area contributed by atoms with Crippen molar-refractivity contribution in [3.8, 4) is 0 Å². The summed E-state index contributed by atoms with van der Waals surface area (Å²) in [6.07, 6.45) is 4.00. The van der Waals surface area contributed by atoms with Crippen LogP contribution in [0, 0.1) is 0 Å². The Hall–Kier alpha value is -0.920. The van der Waals surface area contributed by atoms with Crippen molar-refractivity contribution in [2.45, 2.75) is 6.54 Å². The molecule has 8 heteroatoms. The van der Waals surface area contributed by atoms with Gasteiger partial charge in [0.05, 0.1) is 11.9 Å². The molecule has 0 atom stereocenters. The van der Waals surface area contributed by atoms with Gasteiger partial charge in [-0.2, -0.15) is 0 Å². The molecule has 86 valence electrons. The van der Waals surface area contributed by atoms with E-state index < -0.39 is 10.0 Å². The summed E-state index contributed by atoms with van der Waals surface area (Å²) in [7, 11) is -1.90. The van der Waals surface area contributed by atoms with Crippen molar-refractivity contribution in [2.75, 3.05) is 17.6 Å². The minimum Gasteiger partial charge on any atom is -0.325 e. The van der Waals surface area contributed by atoms with Gasteiger partial charge in [0.2, 0.25) is 10.0 Å². The van der Waals surface area contributed by atoms with Crippen LogP contribution in [0.2, 0.25) is 0 Å². The molecule has 0 bridgehead atoms. The zero-order chi connectivity index (χ0) is 10.8. The van der Waals surface area contributed by atoms with Gasteiger partial charge in [-0.3, -0.25) is 9.29 Å². The average Bonchev–Trinajstić information content (AvgIpc) is 2.15. The summed E-state index contributed by atoms with van der Waals surface area (Å²) in [5, 5.41) is 0. The van der Waals surface area contributed by atoms with Crippen molar-refractivity contribution in [3.05, 3.63) is 18.1 Å². The molecule has 0 fully saturated rings. The number of nitrogens with two attached hydrogens (primary N) is 1. The van der Waals surface area contributed by atoms with E-state index in [2.05, 4.69) is 9.97 Å². The molecule has 0 aromatic carbocycles. The van der Waals surface area contributed by atoms with Gasteiger partial charge in [0.25, 0.3) is 0 Å². The molecule has 6 nitrogen and oxygen atoms in total. The predicted octanol–water partition coefficient (Wildman–Crippen LogP) is -0.247. The van der Waals surface area contributed by atoms with Crippen LogP contribution in [-0.2, 0) is 16.6 Å². The van der Waals surface area contributed by atoms with E-state index in [1.54, 1.807) is 0 Å². The van der Waals surface area contributed by atoms with Gasteiger partial charge in [0.15, 0.2) is 5.82 Å². The number of hydrogen-bond acceptors (Lipinski definition) is 5. The van der Waals surface area contributed by atoms with Gasteiger partial charge in [-0.15, -0.1) is 12.4 Å². The fourth-order valence-corrected chi connectivity index (χ4v) is 1.39. The van der Waals surface area contributed by atoms with Crippen molar-refractivity contribution >= 4 is 28.2 Å². The number of hydrogen-bond donors (Lipinski definition) is 1. The van der Waals surface area contributed by atoms with Crippen LogP contribution < -0.4 is 10.0 Å². The second kappa shape index (κ2) is 5.24. The Labute approximate surface area is 95.0 Å². The second-order valence-electron chi connectivity index (χ2n) is 2.76. The van der Waals surface area contributed by atoms with Crippen LogP contribution in [0.25, 0.3) is 0 Å². The summed E-state index contributed by atoms with van der Waals surface area (Å²) in [5.41, 5.74) is 5.87. The molecule has 1 rings (SSSR count). The number of anilines is 1. The topological polar surface area (TPSA) is 89.2 Å². The Balaban J connectivity index is 0.00000196. The standard InChI is InChI=1S/C7H12N4O2S.ClH/c1-11(14(2,12)13)7-6(5-8)9-3-4-10-7;/h3-4H,5,8H2,1-2H3;1H. The van der Waals surface area contributed by atoms with Crippen molar-refractivity contribution in [1.29, 1.82) is 0 Å². The van der Waals surface area contributed by atoms with Crippen LogP contribution in [0.1, 0.15) is 5.69 Å². The highest BCUT2D eigenvalue weighted by molar-refractivity contribution is 7.92. The van der Waals surface area contributed by atoms with Crippen molar-refractivity contribution in [2.24, 2.45) is 5.73 Å². The molecule has 0 spiro atoms. The van der Waals surface area contributed by atoms with Gasteiger partial charge in [0, 0.05) is 26.0 Å². The molecule has 2 N–H and O–H groups in total. The summed E-state index contributed by atoms with van der Waals surface area (Å²) in [6.45, 7) is 0.156. The highest BCUT2D eigenvalue weighted by atomic mass is 35.5. The Bertz CT molecular complexity index is 423. The van der Waals surface area contributed by atoms with E-state index in [0.717, 1.165) is 10.6 Å². The first kappa shape index (κ1) is 14.1. The molecule has 0 saturated heterocycles. The summed E-state index contributed by atoms with van der Waals surface area (Å²) < 4.78 is 23.5. The fourth-order valence-electron chi connectivity index (χ4n) is 0.924. The van der Waals surface area contributed by atoms with Crippen LogP contribution in [0.5, 0.6) is 0 Å². The molecule has 1 heterocycles. The van der Waals surface area contributed by atoms with Crippen LogP contribution in [0.3, 0.4) is 0 Å². The zero-order valence-corrected chi connectivity index (χ0v) is 10.0. The normalized spacial score (nSPS) is 10.6. The summed E-state index contributed by atoms with van der Waals surface area (Å²) in [4.78, 5) is 7.86. The van der Waals surface area contributed by atoms with E-state index in [4.69, 9.17) is 5.73 Å². The lowest BCUT2D eigenvalue weighted by molar-refractivity contribution is 0.599. The lowest BCUT2D eigenvalue weighted by atomic mass is 10.4. The molecule has 0 saturated carbocycles. The van der Waals surface area contributed by atoms with Gasteiger partial charge < -0.3 is 5.73 Å². The average molecular weight is 253 g/mol. The first-order chi connectivity index (χ1) is 6.46. The molecule has 0 radical (unpaired) electrons. The summed E-state index contributed by atoms with van der Waals surface area (Å²) >= 11 is 0. The number of nitrogens with zero attached hydrogens (tertiary/aromatic N) is 3. The monoisotopic (exact) mass is 252 g/mol. The van der Waals surface area contributed by atoms with E-state index in [0.29, 0.717) is 5.69 Å². The minimum absolute atomic E-state index is 0. The molecule has 1 aromatic heterocycles. The van der Waals surface area contributed by atoms with Gasteiger partial charge in [-0.1, -0.05) is 0 Å². The van der Waals surface area contributed by atoms with E-state index in [1.165, 1.54) is 19.4 Å². The molecular weight excluding hydrogens is 240 g/mol. The maximum absolute atomic E-state index is 11.2. The Kier molecular flexibility index (Phi) is 4.92. The molecule has 15 heavy (non-hydrogen) atoms. The molecule has 0 aliphatic rings. The maximum atomic E-state index is 11.2. The maximum Gasteiger partial charge on any atom is 0.233 e. The van der Waals surface area contributed by atoms with Crippen molar-refractivity contribution in [3.63, 3.8) is 0 Å². The summed E-state index contributed by atoms with van der Waals surface area (Å²) in [6, 6.07) is 0. The quantitative estimate of drug-likeness (QED) is 0.802. The number of aromatic nitrogens is 2. The van der Waals surface area contributed by atoms with E-state index in [1.807, 2.05) is 0 Å².